The van der Waals surface area contributed by atoms with E-state index in [2.05, 4.69) is 0 Å². The molecule has 4 nitrogen and oxygen atoms in total. The number of rotatable bonds is 0. The Morgan fingerprint density at radius 3 is 1.27 bits per heavy atom. The molecular weight excluding hydrogens is 327 g/mol. The second-order valence-corrected chi connectivity index (χ2v) is 2.50. The number of hydrogen-bond donors (Lipinski definition) is 0. The predicted octanol–water partition coefficient (Wildman–Crippen LogP) is 0.750. The third kappa shape index (κ3) is 5.76. The molecule has 1 rings (SSSR count). The Balaban J connectivity index is -0.000000213. The zero-order valence-electron chi connectivity index (χ0n) is 6.30. The first-order chi connectivity index (χ1) is 3.80. The van der Waals surface area contributed by atoms with Crippen molar-refractivity contribution < 1.29 is 32.0 Å². The standard InChI is InChI=1S/C6H12N2.2H2O.Pt/c7-5-3-1-2-4-6(5)8;;;/h5-8H,1-4H2;2*1H2;/q-2;;;+4/t5-,6-;;;/m1.../s1. The molecular formula is C6H16N2O2Pt+2. The first-order valence-electron chi connectivity index (χ1n) is 3.23. The summed E-state index contributed by atoms with van der Waals surface area (Å²) in [5, 5.41) is 0. The molecule has 0 aromatic rings. The maximum absolute atomic E-state index is 7.29. The summed E-state index contributed by atoms with van der Waals surface area (Å²) in [7, 11) is 0. The average molecular weight is 343 g/mol. The predicted molar refractivity (Wildman–Crippen MR) is 41.9 cm³/mol. The van der Waals surface area contributed by atoms with Crippen molar-refractivity contribution in [3.63, 3.8) is 0 Å². The van der Waals surface area contributed by atoms with Crippen molar-refractivity contribution in [2.45, 2.75) is 37.8 Å². The third-order valence-electron chi connectivity index (χ3n) is 1.77. The van der Waals surface area contributed by atoms with Crippen LogP contribution < -0.4 is 0 Å². The van der Waals surface area contributed by atoms with E-state index in [4.69, 9.17) is 11.5 Å². The van der Waals surface area contributed by atoms with Crippen molar-refractivity contribution in [1.29, 1.82) is 0 Å². The largest absolute Gasteiger partial charge is 4.00 e. The van der Waals surface area contributed by atoms with E-state index in [9.17, 15) is 0 Å². The average Bonchev–Trinajstić information content (AvgIpc) is 1.77. The van der Waals surface area contributed by atoms with Gasteiger partial charge in [-0.2, -0.15) is 12.1 Å². The summed E-state index contributed by atoms with van der Waals surface area (Å²) >= 11 is 0. The van der Waals surface area contributed by atoms with Gasteiger partial charge in [-0.05, 0) is 0 Å². The fourth-order valence-corrected chi connectivity index (χ4v) is 1.13. The van der Waals surface area contributed by atoms with Gasteiger partial charge < -0.3 is 22.4 Å². The van der Waals surface area contributed by atoms with E-state index in [1.165, 1.54) is 12.8 Å². The Kier molecular flexibility index (Phi) is 13.8. The zero-order chi connectivity index (χ0) is 5.98. The summed E-state index contributed by atoms with van der Waals surface area (Å²) in [6.07, 6.45) is 4.25. The van der Waals surface area contributed by atoms with Crippen LogP contribution in [0.4, 0.5) is 0 Å². The molecule has 70 valence electrons. The Labute approximate surface area is 81.6 Å². The molecule has 1 fully saturated rings. The maximum Gasteiger partial charge on any atom is 4.00 e. The second kappa shape index (κ2) is 8.62. The van der Waals surface area contributed by atoms with Gasteiger partial charge >= 0.3 is 21.1 Å². The van der Waals surface area contributed by atoms with Gasteiger partial charge in [0.1, 0.15) is 0 Å². The summed E-state index contributed by atoms with van der Waals surface area (Å²) < 4.78 is 0. The fraction of sp³-hybridized carbons (Fsp3) is 1.00. The smallest absolute Gasteiger partial charge is 0.676 e. The molecule has 0 saturated heterocycles. The quantitative estimate of drug-likeness (QED) is 0.618. The summed E-state index contributed by atoms with van der Waals surface area (Å²) in [5.74, 6) is 0. The normalized spacial score (nSPS) is 28.9. The maximum atomic E-state index is 7.29. The van der Waals surface area contributed by atoms with Crippen LogP contribution in [0, 0.1) is 0 Å². The molecule has 0 radical (unpaired) electrons. The van der Waals surface area contributed by atoms with Gasteiger partial charge in [0, 0.05) is 0 Å². The summed E-state index contributed by atoms with van der Waals surface area (Å²) in [5.41, 5.74) is 14.6. The van der Waals surface area contributed by atoms with Gasteiger partial charge in [-0.1, -0.05) is 25.7 Å². The molecule has 5 heteroatoms. The van der Waals surface area contributed by atoms with Crippen LogP contribution in [0.3, 0.4) is 0 Å². The van der Waals surface area contributed by atoms with Crippen LogP contribution in [0.25, 0.3) is 11.5 Å². The van der Waals surface area contributed by atoms with Crippen LogP contribution in [0.1, 0.15) is 25.7 Å². The van der Waals surface area contributed by atoms with E-state index >= 15 is 0 Å². The molecule has 0 amide bonds. The van der Waals surface area contributed by atoms with Crippen LogP contribution >= 0.6 is 0 Å². The van der Waals surface area contributed by atoms with E-state index in [-0.39, 0.29) is 44.1 Å². The minimum atomic E-state index is -0.0799. The molecule has 0 unspecified atom stereocenters. The van der Waals surface area contributed by atoms with E-state index < -0.39 is 0 Å². The van der Waals surface area contributed by atoms with Gasteiger partial charge in [0.2, 0.25) is 0 Å². The van der Waals surface area contributed by atoms with Crippen molar-refractivity contribution in [2.75, 3.05) is 0 Å². The molecule has 2 atom stereocenters. The minimum Gasteiger partial charge on any atom is -0.676 e. The summed E-state index contributed by atoms with van der Waals surface area (Å²) in [6.45, 7) is 0. The van der Waals surface area contributed by atoms with E-state index in [0.717, 1.165) is 12.8 Å². The van der Waals surface area contributed by atoms with E-state index in [1.807, 2.05) is 0 Å². The molecule has 1 saturated carbocycles. The van der Waals surface area contributed by atoms with Gasteiger partial charge in [0.15, 0.2) is 0 Å². The first-order valence-corrected chi connectivity index (χ1v) is 3.23. The Hall–Kier alpha value is 0.528. The van der Waals surface area contributed by atoms with Crippen molar-refractivity contribution in [3.8, 4) is 0 Å². The molecule has 11 heavy (non-hydrogen) atoms. The number of hydrogen-bond acceptors (Lipinski definition) is 0. The van der Waals surface area contributed by atoms with Gasteiger partial charge in [0.05, 0.1) is 0 Å². The molecule has 0 spiro atoms. The van der Waals surface area contributed by atoms with Crippen LogP contribution in [0.2, 0.25) is 0 Å². The van der Waals surface area contributed by atoms with Gasteiger partial charge in [-0.15, -0.1) is 0 Å². The van der Waals surface area contributed by atoms with Crippen LogP contribution in [0.5, 0.6) is 0 Å². The fourth-order valence-electron chi connectivity index (χ4n) is 1.13. The molecule has 0 bridgehead atoms. The molecule has 6 N–H and O–H groups in total. The van der Waals surface area contributed by atoms with Crippen LogP contribution in [-0.4, -0.2) is 23.0 Å². The summed E-state index contributed by atoms with van der Waals surface area (Å²) in [4.78, 5) is 0. The van der Waals surface area contributed by atoms with Crippen molar-refractivity contribution in [1.82, 2.24) is 0 Å². The minimum absolute atomic E-state index is 0. The molecule has 0 aromatic heterocycles. The molecule has 0 heterocycles. The molecule has 0 aliphatic heterocycles. The van der Waals surface area contributed by atoms with E-state index in [0.29, 0.717) is 0 Å². The third-order valence-corrected chi connectivity index (χ3v) is 1.77. The van der Waals surface area contributed by atoms with Gasteiger partial charge in [-0.25, -0.2) is 0 Å². The van der Waals surface area contributed by atoms with Gasteiger partial charge in [0.25, 0.3) is 0 Å². The topological polar surface area (TPSA) is 111 Å². The van der Waals surface area contributed by atoms with Crippen molar-refractivity contribution in [3.05, 3.63) is 11.5 Å². The second-order valence-electron chi connectivity index (χ2n) is 2.50. The van der Waals surface area contributed by atoms with Crippen LogP contribution in [0.15, 0.2) is 0 Å². The summed E-state index contributed by atoms with van der Waals surface area (Å²) in [6, 6.07) is -0.160. The Bertz CT molecular complexity index is 75.0. The first kappa shape index (κ1) is 17.6. The zero-order valence-corrected chi connectivity index (χ0v) is 8.57. The van der Waals surface area contributed by atoms with Crippen LogP contribution in [-0.2, 0) is 21.1 Å². The van der Waals surface area contributed by atoms with Crippen molar-refractivity contribution >= 4 is 0 Å². The Morgan fingerprint density at radius 1 is 0.818 bits per heavy atom. The van der Waals surface area contributed by atoms with Gasteiger partial charge in [-0.3, -0.25) is 0 Å². The SMILES string of the molecule is O.O.[NH-][C@@H]1CCCC[C@H]1[NH-].[Pt+4]. The molecule has 1 aliphatic rings. The number of nitrogens with one attached hydrogen (secondary N) is 2. The van der Waals surface area contributed by atoms with Crippen molar-refractivity contribution in [2.24, 2.45) is 0 Å². The van der Waals surface area contributed by atoms with E-state index in [1.54, 1.807) is 0 Å². The monoisotopic (exact) mass is 343 g/mol. The molecule has 0 aromatic carbocycles. The Morgan fingerprint density at radius 2 is 1.09 bits per heavy atom. The molecule has 1 aliphatic carbocycles.